The summed E-state index contributed by atoms with van der Waals surface area (Å²) < 4.78 is 11.2. The number of pyridine rings is 1. The Hall–Kier alpha value is -1.50. The quantitative estimate of drug-likeness (QED) is 0.814. The van der Waals surface area contributed by atoms with Gasteiger partial charge in [-0.15, -0.1) is 0 Å². The summed E-state index contributed by atoms with van der Waals surface area (Å²) in [5, 5.41) is 3.57. The van der Waals surface area contributed by atoms with Crippen LogP contribution in [0.1, 0.15) is 37.8 Å². The number of hydrogen-bond acceptors (Lipinski definition) is 5. The molecule has 2 atom stereocenters. The molecule has 138 valence electrons. The number of carbonyl (C=O) groups is 1. The molecule has 1 aromatic heterocycles. The zero-order chi connectivity index (χ0) is 17.7. The minimum Gasteiger partial charge on any atom is -0.381 e. The van der Waals surface area contributed by atoms with E-state index in [9.17, 15) is 4.79 Å². The molecule has 3 heterocycles. The van der Waals surface area contributed by atoms with Crippen LogP contribution in [0.3, 0.4) is 0 Å². The molecule has 2 aliphatic heterocycles. The number of nitrogens with zero attached hydrogens (tertiary/aromatic N) is 2. The second-order valence-electron chi connectivity index (χ2n) is 7.01. The van der Waals surface area contributed by atoms with Crippen LogP contribution in [0.25, 0.3) is 0 Å². The topological polar surface area (TPSA) is 63.7 Å². The summed E-state index contributed by atoms with van der Waals surface area (Å²) in [4.78, 5) is 18.6. The number of amides is 1. The predicted octanol–water partition coefficient (Wildman–Crippen LogP) is 1.78. The summed E-state index contributed by atoms with van der Waals surface area (Å²) >= 11 is 0. The molecule has 0 bridgehead atoms. The summed E-state index contributed by atoms with van der Waals surface area (Å²) in [6.45, 7) is 5.86. The maximum Gasteiger partial charge on any atom is 0.223 e. The van der Waals surface area contributed by atoms with E-state index in [1.165, 1.54) is 0 Å². The van der Waals surface area contributed by atoms with Gasteiger partial charge in [0.25, 0.3) is 0 Å². The summed E-state index contributed by atoms with van der Waals surface area (Å²) in [7, 11) is 1.78. The van der Waals surface area contributed by atoms with Crippen LogP contribution >= 0.6 is 0 Å². The fourth-order valence-corrected chi connectivity index (χ4v) is 4.10. The minimum absolute atomic E-state index is 0.104. The molecule has 2 fully saturated rings. The van der Waals surface area contributed by atoms with Crippen molar-refractivity contribution in [2.45, 2.75) is 37.8 Å². The third-order valence-corrected chi connectivity index (χ3v) is 5.60. The molecule has 2 aliphatic rings. The number of rotatable bonds is 7. The smallest absolute Gasteiger partial charge is 0.223 e. The molecule has 0 aliphatic carbocycles. The molecule has 0 saturated carbocycles. The molecule has 1 amide bonds. The Kier molecular flexibility index (Phi) is 6.04. The molecule has 0 unspecified atom stereocenters. The average Bonchev–Trinajstić information content (AvgIpc) is 2.98. The highest BCUT2D eigenvalue weighted by atomic mass is 16.5. The molecular weight excluding hydrogens is 318 g/mol. The van der Waals surface area contributed by atoms with E-state index in [-0.39, 0.29) is 23.5 Å². The lowest BCUT2D eigenvalue weighted by molar-refractivity contribution is -0.128. The van der Waals surface area contributed by atoms with Crippen molar-refractivity contribution < 1.29 is 14.3 Å². The van der Waals surface area contributed by atoms with E-state index in [4.69, 9.17) is 9.47 Å². The van der Waals surface area contributed by atoms with Gasteiger partial charge in [0.1, 0.15) is 0 Å². The average molecular weight is 347 g/mol. The van der Waals surface area contributed by atoms with Gasteiger partial charge in [-0.2, -0.15) is 0 Å². The van der Waals surface area contributed by atoms with Crippen LogP contribution in [0.4, 0.5) is 0 Å². The van der Waals surface area contributed by atoms with Crippen LogP contribution in [0.15, 0.2) is 24.5 Å². The van der Waals surface area contributed by atoms with E-state index < -0.39 is 0 Å². The van der Waals surface area contributed by atoms with E-state index in [1.807, 2.05) is 24.1 Å². The van der Waals surface area contributed by atoms with Gasteiger partial charge in [-0.3, -0.25) is 9.78 Å². The fraction of sp³-hybridized carbons (Fsp3) is 0.684. The molecule has 3 rings (SSSR count). The van der Waals surface area contributed by atoms with Crippen molar-refractivity contribution in [3.05, 3.63) is 30.1 Å². The van der Waals surface area contributed by atoms with E-state index in [1.54, 1.807) is 13.3 Å². The number of carbonyl (C=O) groups excluding carboxylic acids is 1. The second kappa shape index (κ2) is 8.25. The van der Waals surface area contributed by atoms with Gasteiger partial charge >= 0.3 is 0 Å². The van der Waals surface area contributed by atoms with E-state index >= 15 is 0 Å². The molecule has 25 heavy (non-hydrogen) atoms. The third kappa shape index (κ3) is 4.02. The number of nitrogens with one attached hydrogen (secondary N) is 1. The van der Waals surface area contributed by atoms with Crippen molar-refractivity contribution in [2.24, 2.45) is 5.92 Å². The Bertz CT molecular complexity index is 560. The van der Waals surface area contributed by atoms with Gasteiger partial charge in [-0.25, -0.2) is 0 Å². The molecule has 0 aromatic carbocycles. The normalized spacial score (nSPS) is 26.2. The lowest BCUT2D eigenvalue weighted by Gasteiger charge is -2.36. The van der Waals surface area contributed by atoms with E-state index in [2.05, 4.69) is 16.4 Å². The van der Waals surface area contributed by atoms with Crippen LogP contribution in [0, 0.1) is 5.92 Å². The van der Waals surface area contributed by atoms with E-state index in [0.29, 0.717) is 6.42 Å². The Morgan fingerprint density at radius 1 is 1.44 bits per heavy atom. The SMILES string of the molecule is CCN1C(=O)C[C@@H](CNCC2(OC)CCOCC2)[C@@H]1c1cccnc1. The number of likely N-dealkylation sites (tertiary alicyclic amines) is 1. The van der Waals surface area contributed by atoms with Gasteiger partial charge < -0.3 is 19.7 Å². The molecule has 6 nitrogen and oxygen atoms in total. The van der Waals surface area contributed by atoms with Gasteiger partial charge in [-0.05, 0) is 18.6 Å². The largest absolute Gasteiger partial charge is 0.381 e. The summed E-state index contributed by atoms with van der Waals surface area (Å²) in [6, 6.07) is 4.12. The number of aromatic nitrogens is 1. The predicted molar refractivity (Wildman–Crippen MR) is 95.1 cm³/mol. The Morgan fingerprint density at radius 2 is 2.24 bits per heavy atom. The zero-order valence-electron chi connectivity index (χ0n) is 15.2. The van der Waals surface area contributed by atoms with Crippen molar-refractivity contribution in [1.82, 2.24) is 15.2 Å². The van der Waals surface area contributed by atoms with Crippen LogP contribution in [0.2, 0.25) is 0 Å². The van der Waals surface area contributed by atoms with Crippen LogP contribution in [-0.2, 0) is 14.3 Å². The van der Waals surface area contributed by atoms with Crippen LogP contribution < -0.4 is 5.32 Å². The Morgan fingerprint density at radius 3 is 2.88 bits per heavy atom. The highest BCUT2D eigenvalue weighted by Crippen LogP contribution is 2.37. The molecule has 0 radical (unpaired) electrons. The summed E-state index contributed by atoms with van der Waals surface area (Å²) in [5.41, 5.74) is 0.976. The Balaban J connectivity index is 1.65. The molecule has 1 aromatic rings. The first-order chi connectivity index (χ1) is 12.2. The number of hydrogen-bond donors (Lipinski definition) is 1. The van der Waals surface area contributed by atoms with Gasteiger partial charge in [0.15, 0.2) is 0 Å². The zero-order valence-corrected chi connectivity index (χ0v) is 15.2. The number of ether oxygens (including phenoxy) is 2. The summed E-state index contributed by atoms with van der Waals surface area (Å²) in [5.74, 6) is 0.487. The van der Waals surface area contributed by atoms with Gasteiger partial charge in [0.2, 0.25) is 5.91 Å². The van der Waals surface area contributed by atoms with Crippen LogP contribution in [-0.4, -0.2) is 61.3 Å². The minimum atomic E-state index is -0.144. The Labute approximate surface area is 149 Å². The van der Waals surface area contributed by atoms with Crippen molar-refractivity contribution >= 4 is 5.91 Å². The number of methoxy groups -OCH3 is 1. The molecule has 6 heteroatoms. The van der Waals surface area contributed by atoms with E-state index in [0.717, 1.165) is 51.3 Å². The second-order valence-corrected chi connectivity index (χ2v) is 7.01. The van der Waals surface area contributed by atoms with Gasteiger partial charge in [-0.1, -0.05) is 6.07 Å². The molecule has 0 spiro atoms. The lowest BCUT2D eigenvalue weighted by Crippen LogP contribution is -2.47. The van der Waals surface area contributed by atoms with Crippen molar-refractivity contribution in [3.63, 3.8) is 0 Å². The first-order valence-corrected chi connectivity index (χ1v) is 9.22. The lowest BCUT2D eigenvalue weighted by atomic mass is 9.92. The van der Waals surface area contributed by atoms with Gasteiger partial charge in [0.05, 0.1) is 11.6 Å². The molecular formula is C19H29N3O3. The third-order valence-electron chi connectivity index (χ3n) is 5.60. The maximum atomic E-state index is 12.4. The van der Waals surface area contributed by atoms with Crippen molar-refractivity contribution in [2.75, 3.05) is 40.0 Å². The van der Waals surface area contributed by atoms with Crippen molar-refractivity contribution in [1.29, 1.82) is 0 Å². The highest BCUT2D eigenvalue weighted by molar-refractivity contribution is 5.79. The van der Waals surface area contributed by atoms with Gasteiger partial charge in [0, 0.05) is 77.5 Å². The monoisotopic (exact) mass is 347 g/mol. The first kappa shape index (κ1) is 18.3. The summed E-state index contributed by atoms with van der Waals surface area (Å²) in [6.07, 6.45) is 6.06. The van der Waals surface area contributed by atoms with Crippen LogP contribution in [0.5, 0.6) is 0 Å². The molecule has 2 saturated heterocycles. The van der Waals surface area contributed by atoms with Crippen molar-refractivity contribution in [3.8, 4) is 0 Å². The molecule has 1 N–H and O–H groups in total. The fourth-order valence-electron chi connectivity index (χ4n) is 4.10. The standard InChI is InChI=1S/C19H29N3O3/c1-3-22-17(23)11-16(18(22)15-5-4-8-20-12-15)13-21-14-19(24-2)6-9-25-10-7-19/h4-5,8,12,16,18,21H,3,6-7,9-11,13-14H2,1-2H3/t16-,18-/m0/s1. The highest BCUT2D eigenvalue weighted by Gasteiger charge is 2.40. The first-order valence-electron chi connectivity index (χ1n) is 9.22. The maximum absolute atomic E-state index is 12.4.